The molecule has 0 bridgehead atoms. The number of ether oxygens (including phenoxy) is 1. The monoisotopic (exact) mass is 476 g/mol. The van der Waals surface area contributed by atoms with Crippen LogP contribution in [0.3, 0.4) is 0 Å². The van der Waals surface area contributed by atoms with E-state index in [1.807, 2.05) is 51.1 Å². The van der Waals surface area contributed by atoms with Gasteiger partial charge >= 0.3 is 0 Å². The molecule has 190 valence electrons. The Labute approximate surface area is 213 Å². The Morgan fingerprint density at radius 1 is 1.03 bits per heavy atom. The van der Waals surface area contributed by atoms with Gasteiger partial charge in [0.25, 0.3) is 5.91 Å². The first kappa shape index (κ1) is 28.2. The Morgan fingerprint density at radius 2 is 1.60 bits per heavy atom. The number of carbonyl (C=O) groups is 1. The predicted octanol–water partition coefficient (Wildman–Crippen LogP) is 7.65. The molecule has 0 aliphatic rings. The minimum Gasteiger partial charge on any atom is -0.496 e. The molecular formula is C31H44N2O2. The van der Waals surface area contributed by atoms with Crippen LogP contribution in [0, 0.1) is 31.6 Å². The molecule has 4 nitrogen and oxygen atoms in total. The third-order valence-electron chi connectivity index (χ3n) is 6.53. The standard InChI is InChI=1S/C31H44N2O2/c1-20-16-21(2)18-25(17-20)29(34)33(28(31(9,10)11)19-22(3)30(6,7)8)32-24(5)26-14-13-15-27(35-12)23(26)4/h13-19,28,32H,5H2,1-4,6-12H3/b22-19+. The van der Waals surface area contributed by atoms with Crippen molar-refractivity contribution in [2.75, 3.05) is 7.11 Å². The van der Waals surface area contributed by atoms with Crippen LogP contribution in [0.5, 0.6) is 5.75 Å². The maximum Gasteiger partial charge on any atom is 0.272 e. The SMILES string of the molecule is C=C(NN(C(=O)c1cc(C)cc(C)c1)C(/C=C(\C)C(C)(C)C)C(C)(C)C)c1cccc(OC)c1C. The fraction of sp³-hybridized carbons (Fsp3) is 0.452. The topological polar surface area (TPSA) is 41.6 Å². The number of benzene rings is 2. The second-order valence-corrected chi connectivity index (χ2v) is 11.7. The Morgan fingerprint density at radius 3 is 2.09 bits per heavy atom. The van der Waals surface area contributed by atoms with Gasteiger partial charge in [0.2, 0.25) is 0 Å². The van der Waals surface area contributed by atoms with Gasteiger partial charge in [0.15, 0.2) is 0 Å². The number of hydrazine groups is 1. The molecule has 1 atom stereocenters. The summed E-state index contributed by atoms with van der Waals surface area (Å²) in [6, 6.07) is 11.6. The van der Waals surface area contributed by atoms with Crippen molar-refractivity contribution >= 4 is 11.6 Å². The number of hydrogen-bond donors (Lipinski definition) is 1. The largest absolute Gasteiger partial charge is 0.496 e. The molecule has 0 saturated heterocycles. The van der Waals surface area contributed by atoms with Crippen LogP contribution in [0.1, 0.15) is 81.1 Å². The summed E-state index contributed by atoms with van der Waals surface area (Å²) in [4.78, 5) is 14.1. The summed E-state index contributed by atoms with van der Waals surface area (Å²) < 4.78 is 5.52. The van der Waals surface area contributed by atoms with E-state index in [4.69, 9.17) is 4.74 Å². The number of methoxy groups -OCH3 is 1. The molecule has 2 aromatic carbocycles. The lowest BCUT2D eigenvalue weighted by atomic mass is 9.80. The van der Waals surface area contributed by atoms with E-state index in [2.05, 4.69) is 72.6 Å². The van der Waals surface area contributed by atoms with Crippen LogP contribution >= 0.6 is 0 Å². The summed E-state index contributed by atoms with van der Waals surface area (Å²) in [6.07, 6.45) is 2.22. The predicted molar refractivity (Wildman–Crippen MR) is 148 cm³/mol. The molecule has 0 spiro atoms. The maximum atomic E-state index is 14.1. The minimum atomic E-state index is -0.238. The molecule has 0 aliphatic carbocycles. The smallest absolute Gasteiger partial charge is 0.272 e. The molecule has 1 amide bonds. The van der Waals surface area contributed by atoms with E-state index < -0.39 is 0 Å². The van der Waals surface area contributed by atoms with Gasteiger partial charge in [-0.25, -0.2) is 5.01 Å². The number of nitrogens with zero attached hydrogens (tertiary/aromatic N) is 1. The van der Waals surface area contributed by atoms with Gasteiger partial charge in [-0.2, -0.15) is 0 Å². The first-order valence-corrected chi connectivity index (χ1v) is 12.3. The second-order valence-electron chi connectivity index (χ2n) is 11.7. The fourth-order valence-corrected chi connectivity index (χ4v) is 4.05. The van der Waals surface area contributed by atoms with Crippen molar-refractivity contribution in [1.29, 1.82) is 0 Å². The van der Waals surface area contributed by atoms with Gasteiger partial charge < -0.3 is 4.74 Å². The highest BCUT2D eigenvalue weighted by Crippen LogP contribution is 2.33. The van der Waals surface area contributed by atoms with Crippen molar-refractivity contribution in [2.45, 2.75) is 75.3 Å². The van der Waals surface area contributed by atoms with Crippen LogP contribution in [0.2, 0.25) is 0 Å². The molecule has 0 aromatic heterocycles. The number of amides is 1. The van der Waals surface area contributed by atoms with Crippen molar-refractivity contribution in [1.82, 2.24) is 10.4 Å². The number of carbonyl (C=O) groups excluding carboxylic acids is 1. The third-order valence-corrected chi connectivity index (χ3v) is 6.53. The van der Waals surface area contributed by atoms with Crippen LogP contribution in [0.4, 0.5) is 0 Å². The average molecular weight is 477 g/mol. The summed E-state index contributed by atoms with van der Waals surface area (Å²) in [5.41, 5.74) is 9.69. The summed E-state index contributed by atoms with van der Waals surface area (Å²) in [5, 5.41) is 1.75. The number of allylic oxidation sites excluding steroid dienone is 1. The molecule has 2 rings (SSSR count). The third kappa shape index (κ3) is 7.00. The van der Waals surface area contributed by atoms with Gasteiger partial charge in [0, 0.05) is 16.7 Å². The fourth-order valence-electron chi connectivity index (χ4n) is 4.05. The van der Waals surface area contributed by atoms with Crippen LogP contribution < -0.4 is 10.2 Å². The molecule has 0 saturated carbocycles. The van der Waals surface area contributed by atoms with Crippen LogP contribution in [0.25, 0.3) is 5.70 Å². The molecular weight excluding hydrogens is 432 g/mol. The normalized spacial score (nSPS) is 13.3. The Balaban J connectivity index is 2.67. The second kappa shape index (κ2) is 10.7. The number of aryl methyl sites for hydroxylation is 2. The highest BCUT2D eigenvalue weighted by molar-refractivity contribution is 5.95. The van der Waals surface area contributed by atoms with Gasteiger partial charge in [-0.15, -0.1) is 0 Å². The lowest BCUT2D eigenvalue weighted by Crippen LogP contribution is -2.53. The van der Waals surface area contributed by atoms with E-state index in [0.717, 1.165) is 28.0 Å². The zero-order valence-corrected chi connectivity index (χ0v) is 23.6. The molecule has 0 aliphatic heterocycles. The van der Waals surface area contributed by atoms with Crippen molar-refractivity contribution in [3.63, 3.8) is 0 Å². The van der Waals surface area contributed by atoms with E-state index in [9.17, 15) is 4.79 Å². The van der Waals surface area contributed by atoms with E-state index in [1.54, 1.807) is 12.1 Å². The quantitative estimate of drug-likeness (QED) is 0.330. The minimum absolute atomic E-state index is 0.0153. The maximum absolute atomic E-state index is 14.1. The van der Waals surface area contributed by atoms with E-state index in [-0.39, 0.29) is 22.8 Å². The summed E-state index contributed by atoms with van der Waals surface area (Å²) in [7, 11) is 1.66. The van der Waals surface area contributed by atoms with Crippen LogP contribution in [-0.2, 0) is 0 Å². The van der Waals surface area contributed by atoms with Crippen molar-refractivity contribution in [2.24, 2.45) is 10.8 Å². The van der Waals surface area contributed by atoms with Gasteiger partial charge in [0.05, 0.1) is 18.8 Å². The summed E-state index contributed by atoms with van der Waals surface area (Å²) in [5.74, 6) is 0.699. The Kier molecular flexibility index (Phi) is 8.65. The molecule has 35 heavy (non-hydrogen) atoms. The summed E-state index contributed by atoms with van der Waals surface area (Å²) in [6.45, 7) is 25.6. The van der Waals surface area contributed by atoms with Crippen LogP contribution in [-0.4, -0.2) is 24.1 Å². The lowest BCUT2D eigenvalue weighted by Gasteiger charge is -2.40. The molecule has 1 N–H and O–H groups in total. The highest BCUT2D eigenvalue weighted by atomic mass is 16.5. The van der Waals surface area contributed by atoms with Crippen molar-refractivity contribution < 1.29 is 9.53 Å². The van der Waals surface area contributed by atoms with Gasteiger partial charge in [-0.05, 0) is 56.7 Å². The molecule has 0 fully saturated rings. The lowest BCUT2D eigenvalue weighted by molar-refractivity contribution is 0.0509. The number of rotatable bonds is 7. The first-order valence-electron chi connectivity index (χ1n) is 12.3. The molecule has 0 heterocycles. The molecule has 2 aromatic rings. The number of nitrogens with one attached hydrogen (secondary N) is 1. The van der Waals surface area contributed by atoms with Crippen molar-refractivity contribution in [3.8, 4) is 5.75 Å². The van der Waals surface area contributed by atoms with E-state index >= 15 is 0 Å². The summed E-state index contributed by atoms with van der Waals surface area (Å²) >= 11 is 0. The molecule has 0 radical (unpaired) electrons. The van der Waals surface area contributed by atoms with Gasteiger partial charge in [-0.1, -0.05) is 89.1 Å². The Bertz CT molecular complexity index is 1090. The van der Waals surface area contributed by atoms with Gasteiger partial charge in [0.1, 0.15) is 5.75 Å². The Hall–Kier alpha value is -3.01. The van der Waals surface area contributed by atoms with Gasteiger partial charge in [-0.3, -0.25) is 10.2 Å². The molecule has 1 unspecified atom stereocenters. The van der Waals surface area contributed by atoms with Crippen LogP contribution in [0.15, 0.2) is 54.6 Å². The van der Waals surface area contributed by atoms with E-state index in [1.165, 1.54) is 5.57 Å². The first-order chi connectivity index (χ1) is 16.1. The molecule has 4 heteroatoms. The van der Waals surface area contributed by atoms with E-state index in [0.29, 0.717) is 11.3 Å². The number of hydrogen-bond acceptors (Lipinski definition) is 3. The average Bonchev–Trinajstić information content (AvgIpc) is 2.73. The van der Waals surface area contributed by atoms with Crippen molar-refractivity contribution in [3.05, 3.63) is 82.4 Å². The zero-order valence-electron chi connectivity index (χ0n) is 23.6. The highest BCUT2D eigenvalue weighted by Gasteiger charge is 2.34. The zero-order chi connectivity index (χ0) is 26.7.